The molecule has 2 nitrogen and oxygen atoms in total. The number of benzene rings is 1. The van der Waals surface area contributed by atoms with Crippen molar-refractivity contribution >= 4 is 22.9 Å². The van der Waals surface area contributed by atoms with E-state index in [4.69, 9.17) is 16.3 Å². The highest BCUT2D eigenvalue weighted by atomic mass is 35.5. The Labute approximate surface area is 117 Å². The summed E-state index contributed by atoms with van der Waals surface area (Å²) in [5, 5.41) is 3.29. The lowest BCUT2D eigenvalue weighted by molar-refractivity contribution is 0.309. The van der Waals surface area contributed by atoms with Gasteiger partial charge in [-0.1, -0.05) is 30.7 Å². The zero-order valence-corrected chi connectivity index (χ0v) is 11.9. The number of thiophene rings is 1. The van der Waals surface area contributed by atoms with Gasteiger partial charge in [-0.2, -0.15) is 0 Å². The Bertz CT molecular complexity index is 481. The molecule has 18 heavy (non-hydrogen) atoms. The van der Waals surface area contributed by atoms with Crippen LogP contribution in [-0.2, 0) is 13.2 Å². The highest BCUT2D eigenvalue weighted by Crippen LogP contribution is 2.23. The Morgan fingerprint density at radius 2 is 1.94 bits per heavy atom. The quantitative estimate of drug-likeness (QED) is 0.861. The van der Waals surface area contributed by atoms with Crippen LogP contribution in [0.15, 0.2) is 36.4 Å². The van der Waals surface area contributed by atoms with E-state index >= 15 is 0 Å². The molecule has 2 rings (SSSR count). The van der Waals surface area contributed by atoms with Crippen LogP contribution >= 0.6 is 22.9 Å². The highest BCUT2D eigenvalue weighted by Gasteiger charge is 2.00. The second kappa shape index (κ2) is 6.78. The molecule has 2 aromatic rings. The molecule has 0 amide bonds. The maximum absolute atomic E-state index is 5.87. The number of rotatable bonds is 6. The van der Waals surface area contributed by atoms with Crippen molar-refractivity contribution in [3.05, 3.63) is 51.2 Å². The van der Waals surface area contributed by atoms with Gasteiger partial charge in [-0.25, -0.2) is 0 Å². The summed E-state index contributed by atoms with van der Waals surface area (Å²) in [7, 11) is 0. The summed E-state index contributed by atoms with van der Waals surface area (Å²) in [5.74, 6) is 0.889. The molecule has 0 atom stereocenters. The number of hydrogen-bond donors (Lipinski definition) is 1. The smallest absolute Gasteiger partial charge is 0.122 e. The molecule has 1 aromatic heterocycles. The molecule has 1 N–H and O–H groups in total. The molecule has 0 fully saturated rings. The van der Waals surface area contributed by atoms with Gasteiger partial charge in [-0.05, 0) is 36.4 Å². The Morgan fingerprint density at radius 3 is 2.56 bits per heavy atom. The van der Waals surface area contributed by atoms with E-state index in [1.165, 1.54) is 5.56 Å². The fourth-order valence-electron chi connectivity index (χ4n) is 1.56. The largest absolute Gasteiger partial charge is 0.488 e. The monoisotopic (exact) mass is 281 g/mol. The van der Waals surface area contributed by atoms with Crippen LogP contribution in [0.25, 0.3) is 0 Å². The maximum atomic E-state index is 5.87. The molecule has 1 aromatic carbocycles. The van der Waals surface area contributed by atoms with Gasteiger partial charge in [0.05, 0.1) is 4.34 Å². The van der Waals surface area contributed by atoms with Gasteiger partial charge in [-0.15, -0.1) is 11.3 Å². The van der Waals surface area contributed by atoms with E-state index in [0.29, 0.717) is 6.61 Å². The van der Waals surface area contributed by atoms with Crippen molar-refractivity contribution in [2.24, 2.45) is 0 Å². The third-order valence-electron chi connectivity index (χ3n) is 2.51. The molecular weight excluding hydrogens is 266 g/mol. The summed E-state index contributed by atoms with van der Waals surface area (Å²) in [6.07, 6.45) is 0. The first kappa shape index (κ1) is 13.4. The zero-order valence-electron chi connectivity index (χ0n) is 10.3. The molecule has 0 bridgehead atoms. The SMILES string of the molecule is CCNCc1ccc(OCc2ccc(Cl)s2)cc1. The van der Waals surface area contributed by atoms with Crippen LogP contribution in [0.2, 0.25) is 4.34 Å². The van der Waals surface area contributed by atoms with Gasteiger partial charge >= 0.3 is 0 Å². The molecule has 0 radical (unpaired) electrons. The molecule has 0 unspecified atom stereocenters. The van der Waals surface area contributed by atoms with Crippen LogP contribution in [0.3, 0.4) is 0 Å². The Kier molecular flexibility index (Phi) is 5.05. The second-order valence-electron chi connectivity index (χ2n) is 3.92. The van der Waals surface area contributed by atoms with Gasteiger partial charge in [0.2, 0.25) is 0 Å². The molecule has 0 saturated heterocycles. The van der Waals surface area contributed by atoms with E-state index in [-0.39, 0.29) is 0 Å². The Hall–Kier alpha value is -1.03. The normalized spacial score (nSPS) is 10.6. The lowest BCUT2D eigenvalue weighted by atomic mass is 10.2. The number of hydrogen-bond acceptors (Lipinski definition) is 3. The second-order valence-corrected chi connectivity index (χ2v) is 5.72. The van der Waals surface area contributed by atoms with Crippen molar-refractivity contribution in [3.8, 4) is 5.75 Å². The predicted octanol–water partition coefficient (Wildman–Crippen LogP) is 4.09. The van der Waals surface area contributed by atoms with E-state index < -0.39 is 0 Å². The average molecular weight is 282 g/mol. The minimum atomic E-state index is 0.573. The van der Waals surface area contributed by atoms with Gasteiger partial charge in [0.25, 0.3) is 0 Å². The number of nitrogens with one attached hydrogen (secondary N) is 1. The van der Waals surface area contributed by atoms with Crippen LogP contribution in [-0.4, -0.2) is 6.54 Å². The lowest BCUT2D eigenvalue weighted by Crippen LogP contribution is -2.11. The molecule has 1 heterocycles. The third kappa shape index (κ3) is 4.02. The fourth-order valence-corrected chi connectivity index (χ4v) is 2.56. The van der Waals surface area contributed by atoms with E-state index in [9.17, 15) is 0 Å². The summed E-state index contributed by atoms with van der Waals surface area (Å²) < 4.78 is 6.50. The average Bonchev–Trinajstić information content (AvgIpc) is 2.81. The first-order valence-corrected chi connectivity index (χ1v) is 7.14. The molecule has 0 aliphatic heterocycles. The Morgan fingerprint density at radius 1 is 1.17 bits per heavy atom. The maximum Gasteiger partial charge on any atom is 0.122 e. The van der Waals surface area contributed by atoms with E-state index in [0.717, 1.165) is 28.1 Å². The minimum Gasteiger partial charge on any atom is -0.488 e. The molecule has 0 aliphatic carbocycles. The van der Waals surface area contributed by atoms with Crippen LogP contribution in [0.5, 0.6) is 5.75 Å². The summed E-state index contributed by atoms with van der Waals surface area (Å²) in [6.45, 7) is 4.56. The van der Waals surface area contributed by atoms with Crippen molar-refractivity contribution in [2.75, 3.05) is 6.54 Å². The van der Waals surface area contributed by atoms with Gasteiger partial charge < -0.3 is 10.1 Å². The highest BCUT2D eigenvalue weighted by molar-refractivity contribution is 7.16. The topological polar surface area (TPSA) is 21.3 Å². The van der Waals surface area contributed by atoms with Gasteiger partial charge in [0, 0.05) is 11.4 Å². The summed E-state index contributed by atoms with van der Waals surface area (Å²) in [5.41, 5.74) is 1.27. The van der Waals surface area contributed by atoms with Crippen LogP contribution in [0, 0.1) is 0 Å². The van der Waals surface area contributed by atoms with Crippen molar-refractivity contribution in [2.45, 2.75) is 20.1 Å². The molecule has 0 aliphatic rings. The predicted molar refractivity (Wildman–Crippen MR) is 77.5 cm³/mol. The minimum absolute atomic E-state index is 0.573. The van der Waals surface area contributed by atoms with Gasteiger partial charge in [-0.3, -0.25) is 0 Å². The van der Waals surface area contributed by atoms with E-state index in [1.807, 2.05) is 24.3 Å². The Balaban J connectivity index is 1.86. The van der Waals surface area contributed by atoms with Crippen LogP contribution < -0.4 is 10.1 Å². The summed E-state index contributed by atoms with van der Waals surface area (Å²) in [6, 6.07) is 12.1. The van der Waals surface area contributed by atoms with Gasteiger partial charge in [0.1, 0.15) is 12.4 Å². The van der Waals surface area contributed by atoms with Gasteiger partial charge in [0.15, 0.2) is 0 Å². The fraction of sp³-hybridized carbons (Fsp3) is 0.286. The summed E-state index contributed by atoms with van der Waals surface area (Å²) in [4.78, 5) is 1.14. The molecule has 0 spiro atoms. The number of ether oxygens (including phenoxy) is 1. The van der Waals surface area contributed by atoms with E-state index in [2.05, 4.69) is 24.4 Å². The van der Waals surface area contributed by atoms with Crippen LogP contribution in [0.1, 0.15) is 17.4 Å². The molecular formula is C14H16ClNOS. The van der Waals surface area contributed by atoms with Crippen LogP contribution in [0.4, 0.5) is 0 Å². The molecule has 96 valence electrons. The molecule has 4 heteroatoms. The third-order valence-corrected chi connectivity index (χ3v) is 3.72. The first-order valence-electron chi connectivity index (χ1n) is 5.94. The molecule has 0 saturated carbocycles. The first-order chi connectivity index (χ1) is 8.78. The summed E-state index contributed by atoms with van der Waals surface area (Å²) >= 11 is 7.42. The van der Waals surface area contributed by atoms with Crippen molar-refractivity contribution in [1.82, 2.24) is 5.32 Å². The van der Waals surface area contributed by atoms with Crippen molar-refractivity contribution in [1.29, 1.82) is 0 Å². The standard InChI is InChI=1S/C14H16ClNOS/c1-2-16-9-11-3-5-12(6-4-11)17-10-13-7-8-14(15)18-13/h3-8,16H,2,9-10H2,1H3. The zero-order chi connectivity index (χ0) is 12.8. The number of halogens is 1. The van der Waals surface area contributed by atoms with Crippen molar-refractivity contribution < 1.29 is 4.74 Å². The van der Waals surface area contributed by atoms with E-state index in [1.54, 1.807) is 11.3 Å². The lowest BCUT2D eigenvalue weighted by Gasteiger charge is -2.06. The van der Waals surface area contributed by atoms with Crippen molar-refractivity contribution in [3.63, 3.8) is 0 Å².